The Bertz CT molecular complexity index is 1100. The van der Waals surface area contributed by atoms with Crippen LogP contribution >= 0.6 is 34.8 Å². The highest BCUT2D eigenvalue weighted by atomic mass is 35.5. The summed E-state index contributed by atoms with van der Waals surface area (Å²) >= 11 is 18.8. The first-order valence-corrected chi connectivity index (χ1v) is 11.7. The van der Waals surface area contributed by atoms with E-state index in [9.17, 15) is 4.79 Å². The van der Waals surface area contributed by atoms with Gasteiger partial charge in [0.05, 0.1) is 22.2 Å². The molecule has 1 aliphatic rings. The van der Waals surface area contributed by atoms with E-state index in [2.05, 4.69) is 4.90 Å². The van der Waals surface area contributed by atoms with Gasteiger partial charge in [0.1, 0.15) is 0 Å². The van der Waals surface area contributed by atoms with Crippen LogP contribution in [0.15, 0.2) is 72.8 Å². The standard InChI is InChI=1S/C26H25Cl3N2O/c1-26(2,19-6-4-3-5-7-19)25(32)30-14-15-31(23-13-12-21(28)16-22(23)29)24(17-30)18-8-10-20(27)11-9-18/h3-13,16,24H,14-15,17H2,1-2H3/t24-/m0/s1. The number of anilines is 1. The number of hydrogen-bond donors (Lipinski definition) is 0. The Kier molecular flexibility index (Phi) is 6.71. The predicted molar refractivity (Wildman–Crippen MR) is 134 cm³/mol. The molecule has 3 aromatic carbocycles. The Morgan fingerprint density at radius 1 is 0.875 bits per heavy atom. The largest absolute Gasteiger partial charge is 0.360 e. The van der Waals surface area contributed by atoms with Gasteiger partial charge < -0.3 is 9.80 Å². The topological polar surface area (TPSA) is 23.6 Å². The number of nitrogens with zero attached hydrogens (tertiary/aromatic N) is 2. The van der Waals surface area contributed by atoms with Crippen LogP contribution in [0.4, 0.5) is 5.69 Å². The van der Waals surface area contributed by atoms with Crippen molar-refractivity contribution < 1.29 is 4.79 Å². The normalized spacial score (nSPS) is 16.8. The number of carbonyl (C=O) groups is 1. The molecule has 0 aliphatic carbocycles. The van der Waals surface area contributed by atoms with Gasteiger partial charge in [0.25, 0.3) is 0 Å². The van der Waals surface area contributed by atoms with Crippen molar-refractivity contribution in [2.75, 3.05) is 24.5 Å². The highest BCUT2D eigenvalue weighted by Crippen LogP contribution is 2.38. The van der Waals surface area contributed by atoms with Crippen LogP contribution in [0.5, 0.6) is 0 Å². The van der Waals surface area contributed by atoms with Crippen LogP contribution in [0.25, 0.3) is 0 Å². The smallest absolute Gasteiger partial charge is 0.232 e. The number of halogens is 3. The van der Waals surface area contributed by atoms with Crippen molar-refractivity contribution in [1.29, 1.82) is 0 Å². The Balaban J connectivity index is 1.67. The van der Waals surface area contributed by atoms with Crippen molar-refractivity contribution in [3.05, 3.63) is 99.0 Å². The van der Waals surface area contributed by atoms with Crippen molar-refractivity contribution in [2.24, 2.45) is 0 Å². The molecule has 166 valence electrons. The SMILES string of the molecule is CC(C)(C(=O)N1CCN(c2ccc(Cl)cc2Cl)[C@H](c2ccc(Cl)cc2)C1)c1ccccc1. The monoisotopic (exact) mass is 486 g/mol. The van der Waals surface area contributed by atoms with Gasteiger partial charge in [-0.05, 0) is 55.3 Å². The summed E-state index contributed by atoms with van der Waals surface area (Å²) in [6.45, 7) is 5.80. The molecule has 0 saturated carbocycles. The van der Waals surface area contributed by atoms with E-state index in [1.807, 2.05) is 85.5 Å². The van der Waals surface area contributed by atoms with Crippen molar-refractivity contribution in [2.45, 2.75) is 25.3 Å². The molecule has 0 aromatic heterocycles. The number of amides is 1. The lowest BCUT2D eigenvalue weighted by molar-refractivity contribution is -0.137. The van der Waals surface area contributed by atoms with Gasteiger partial charge in [-0.25, -0.2) is 0 Å². The highest BCUT2D eigenvalue weighted by Gasteiger charge is 2.38. The van der Waals surface area contributed by atoms with Crippen LogP contribution in [0.2, 0.25) is 15.1 Å². The maximum atomic E-state index is 13.6. The second kappa shape index (κ2) is 9.35. The fourth-order valence-electron chi connectivity index (χ4n) is 4.31. The molecule has 32 heavy (non-hydrogen) atoms. The summed E-state index contributed by atoms with van der Waals surface area (Å²) in [6.07, 6.45) is 0. The van der Waals surface area contributed by atoms with Crippen LogP contribution in [0.3, 0.4) is 0 Å². The molecule has 0 radical (unpaired) electrons. The van der Waals surface area contributed by atoms with E-state index < -0.39 is 5.41 Å². The summed E-state index contributed by atoms with van der Waals surface area (Å²) in [4.78, 5) is 17.9. The van der Waals surface area contributed by atoms with Crippen LogP contribution in [-0.2, 0) is 10.2 Å². The Hall–Kier alpha value is -2.20. The minimum absolute atomic E-state index is 0.0600. The molecule has 1 atom stereocenters. The summed E-state index contributed by atoms with van der Waals surface area (Å²) in [5.41, 5.74) is 2.38. The van der Waals surface area contributed by atoms with Gasteiger partial charge in [0.2, 0.25) is 5.91 Å². The molecule has 3 aromatic rings. The average molecular weight is 488 g/mol. The molecule has 3 nitrogen and oxygen atoms in total. The summed E-state index contributed by atoms with van der Waals surface area (Å²) < 4.78 is 0. The molecule has 4 rings (SSSR count). The van der Waals surface area contributed by atoms with E-state index in [1.54, 1.807) is 6.07 Å². The van der Waals surface area contributed by atoms with Gasteiger partial charge >= 0.3 is 0 Å². The number of rotatable bonds is 4. The molecule has 0 spiro atoms. The van der Waals surface area contributed by atoms with E-state index in [4.69, 9.17) is 34.8 Å². The van der Waals surface area contributed by atoms with Crippen molar-refractivity contribution >= 4 is 46.4 Å². The minimum Gasteiger partial charge on any atom is -0.360 e. The van der Waals surface area contributed by atoms with Gasteiger partial charge in [0.15, 0.2) is 0 Å². The average Bonchev–Trinajstić information content (AvgIpc) is 2.79. The first-order valence-electron chi connectivity index (χ1n) is 10.6. The van der Waals surface area contributed by atoms with Gasteiger partial charge in [-0.2, -0.15) is 0 Å². The summed E-state index contributed by atoms with van der Waals surface area (Å²) in [5.74, 6) is 0.115. The van der Waals surface area contributed by atoms with Gasteiger partial charge in [-0.3, -0.25) is 4.79 Å². The zero-order valence-electron chi connectivity index (χ0n) is 18.1. The zero-order valence-corrected chi connectivity index (χ0v) is 20.3. The van der Waals surface area contributed by atoms with E-state index in [0.717, 1.165) is 16.8 Å². The molecule has 1 amide bonds. The number of piperazine rings is 1. The van der Waals surface area contributed by atoms with Crippen LogP contribution < -0.4 is 4.90 Å². The molecule has 1 saturated heterocycles. The summed E-state index contributed by atoms with van der Waals surface area (Å²) in [5, 5.41) is 1.87. The van der Waals surface area contributed by atoms with Gasteiger partial charge in [0, 0.05) is 29.7 Å². The number of carbonyl (C=O) groups excluding carboxylic acids is 1. The van der Waals surface area contributed by atoms with Crippen molar-refractivity contribution in [3.63, 3.8) is 0 Å². The molecule has 6 heteroatoms. The summed E-state index contributed by atoms with van der Waals surface area (Å²) in [7, 11) is 0. The second-order valence-electron chi connectivity index (χ2n) is 8.60. The zero-order chi connectivity index (χ0) is 22.9. The lowest BCUT2D eigenvalue weighted by Crippen LogP contribution is -2.54. The van der Waals surface area contributed by atoms with Crippen LogP contribution in [-0.4, -0.2) is 30.4 Å². The Labute approximate surface area is 204 Å². The maximum absolute atomic E-state index is 13.6. The molecule has 0 N–H and O–H groups in total. The van der Waals surface area contributed by atoms with E-state index >= 15 is 0 Å². The lowest BCUT2D eigenvalue weighted by atomic mass is 9.82. The quantitative estimate of drug-likeness (QED) is 0.395. The molecule has 0 unspecified atom stereocenters. The molecule has 1 heterocycles. The first-order chi connectivity index (χ1) is 15.3. The van der Waals surface area contributed by atoms with E-state index in [0.29, 0.717) is 34.7 Å². The lowest BCUT2D eigenvalue weighted by Gasteiger charge is -2.45. The predicted octanol–water partition coefficient (Wildman–Crippen LogP) is 7.01. The highest BCUT2D eigenvalue weighted by molar-refractivity contribution is 6.36. The Morgan fingerprint density at radius 2 is 1.53 bits per heavy atom. The van der Waals surface area contributed by atoms with Crippen molar-refractivity contribution in [1.82, 2.24) is 4.90 Å². The first kappa shape index (κ1) is 23.0. The Morgan fingerprint density at radius 3 is 2.19 bits per heavy atom. The van der Waals surface area contributed by atoms with E-state index in [-0.39, 0.29) is 11.9 Å². The van der Waals surface area contributed by atoms with E-state index in [1.165, 1.54) is 0 Å². The third-order valence-electron chi connectivity index (χ3n) is 6.17. The third kappa shape index (κ3) is 4.61. The maximum Gasteiger partial charge on any atom is 0.232 e. The van der Waals surface area contributed by atoms with Crippen molar-refractivity contribution in [3.8, 4) is 0 Å². The molecule has 0 bridgehead atoms. The van der Waals surface area contributed by atoms with Crippen LogP contribution in [0, 0.1) is 0 Å². The second-order valence-corrected chi connectivity index (χ2v) is 9.88. The molecule has 1 aliphatic heterocycles. The molecular weight excluding hydrogens is 463 g/mol. The van der Waals surface area contributed by atoms with Crippen LogP contribution in [0.1, 0.15) is 31.0 Å². The summed E-state index contributed by atoms with van der Waals surface area (Å²) in [6, 6.07) is 23.2. The minimum atomic E-state index is -0.619. The van der Waals surface area contributed by atoms with Gasteiger partial charge in [-0.1, -0.05) is 77.3 Å². The third-order valence-corrected chi connectivity index (χ3v) is 6.96. The number of hydrogen-bond acceptors (Lipinski definition) is 2. The fourth-order valence-corrected chi connectivity index (χ4v) is 4.96. The molecular formula is C26H25Cl3N2O. The molecule has 1 fully saturated rings. The van der Waals surface area contributed by atoms with Gasteiger partial charge in [-0.15, -0.1) is 0 Å². The fraction of sp³-hybridized carbons (Fsp3) is 0.269. The number of benzene rings is 3.